The van der Waals surface area contributed by atoms with E-state index in [4.69, 9.17) is 19.8 Å². The van der Waals surface area contributed by atoms with Crippen molar-refractivity contribution in [3.63, 3.8) is 0 Å². The van der Waals surface area contributed by atoms with E-state index in [1.165, 1.54) is 0 Å². The van der Waals surface area contributed by atoms with E-state index in [2.05, 4.69) is 5.32 Å². The lowest BCUT2D eigenvalue weighted by molar-refractivity contribution is -0.159. The maximum atomic E-state index is 11.3. The number of carbonyl (C=O) groups excluding carboxylic acids is 1. The molecule has 0 fully saturated rings. The van der Waals surface area contributed by atoms with Crippen molar-refractivity contribution in [3.8, 4) is 0 Å². The average molecular weight is 256 g/mol. The van der Waals surface area contributed by atoms with Gasteiger partial charge in [-0.15, -0.1) is 0 Å². The summed E-state index contributed by atoms with van der Waals surface area (Å²) in [6.07, 6.45) is 0. The predicted octanol–water partition coefficient (Wildman–Crippen LogP) is 0.980. The van der Waals surface area contributed by atoms with Gasteiger partial charge in [-0.3, -0.25) is 4.79 Å². The van der Waals surface area contributed by atoms with Crippen LogP contribution in [0.1, 0.15) is 24.2 Å². The molecule has 6 heteroatoms. The van der Waals surface area contributed by atoms with Crippen molar-refractivity contribution < 1.29 is 24.6 Å². The molecule has 0 heterocycles. The predicted molar refractivity (Wildman–Crippen MR) is 64.3 cm³/mol. The van der Waals surface area contributed by atoms with Crippen molar-refractivity contribution in [1.82, 2.24) is 5.32 Å². The molecule has 0 aliphatic carbocycles. The minimum atomic E-state index is -1.82. The summed E-state index contributed by atoms with van der Waals surface area (Å²) in [7, 11) is 0. The Labute approximate surface area is 104 Å². The molecule has 1 aromatic rings. The molecule has 18 heavy (non-hydrogen) atoms. The second-order valence-electron chi connectivity index (χ2n) is 3.60. The average Bonchev–Trinajstić information content (AvgIpc) is 2.30. The van der Waals surface area contributed by atoms with Crippen molar-refractivity contribution in [2.75, 3.05) is 0 Å². The highest BCUT2D eigenvalue weighted by Gasteiger charge is 2.04. The molecule has 0 aliphatic rings. The van der Waals surface area contributed by atoms with Gasteiger partial charge in [-0.25, -0.2) is 9.59 Å². The summed E-state index contributed by atoms with van der Waals surface area (Å²) in [5.74, 6) is -3.66. The zero-order chi connectivity index (χ0) is 14.1. The molecule has 0 spiro atoms. The van der Waals surface area contributed by atoms with Crippen LogP contribution in [0.2, 0.25) is 0 Å². The molecular formula is C12H15NO5. The molecule has 98 valence electrons. The van der Waals surface area contributed by atoms with Crippen molar-refractivity contribution in [1.29, 1.82) is 0 Å². The summed E-state index contributed by atoms with van der Waals surface area (Å²) >= 11 is 0. The minimum Gasteiger partial charge on any atom is -0.473 e. The summed E-state index contributed by atoms with van der Waals surface area (Å²) in [6, 6.07) is 9.41. The van der Waals surface area contributed by atoms with Gasteiger partial charge in [0.2, 0.25) is 0 Å². The number of rotatable bonds is 2. The van der Waals surface area contributed by atoms with Crippen molar-refractivity contribution in [2.45, 2.75) is 19.9 Å². The van der Waals surface area contributed by atoms with E-state index in [0.29, 0.717) is 5.56 Å². The van der Waals surface area contributed by atoms with Crippen LogP contribution >= 0.6 is 0 Å². The van der Waals surface area contributed by atoms with E-state index >= 15 is 0 Å². The van der Waals surface area contributed by atoms with Crippen LogP contribution in [0.25, 0.3) is 0 Å². The van der Waals surface area contributed by atoms with E-state index in [9.17, 15) is 4.79 Å². The minimum absolute atomic E-state index is 0.00870. The molecule has 0 saturated carbocycles. The maximum absolute atomic E-state index is 11.3. The molecule has 0 atom stereocenters. The van der Waals surface area contributed by atoms with Gasteiger partial charge in [0, 0.05) is 11.6 Å². The van der Waals surface area contributed by atoms with E-state index < -0.39 is 11.9 Å². The van der Waals surface area contributed by atoms with Crippen LogP contribution in [0.3, 0.4) is 0 Å². The monoisotopic (exact) mass is 256 g/mol. The van der Waals surface area contributed by atoms with E-state index in [0.717, 1.165) is 0 Å². The zero-order valence-corrected chi connectivity index (χ0v) is 10.1. The lowest BCUT2D eigenvalue weighted by atomic mass is 10.2. The number of carbonyl (C=O) groups is 3. The quantitative estimate of drug-likeness (QED) is 0.540. The van der Waals surface area contributed by atoms with Gasteiger partial charge >= 0.3 is 11.9 Å². The first-order valence-electron chi connectivity index (χ1n) is 5.16. The highest BCUT2D eigenvalue weighted by Crippen LogP contribution is 1.98. The zero-order valence-electron chi connectivity index (χ0n) is 10.1. The summed E-state index contributed by atoms with van der Waals surface area (Å²) < 4.78 is 0. The van der Waals surface area contributed by atoms with Gasteiger partial charge in [-0.05, 0) is 26.0 Å². The SMILES string of the molecule is O=C(O)C(=O)O.[13CH3][13CH]([13CH3])NC(=O)c1ccccc1. The third kappa shape index (κ3) is 7.00. The lowest BCUT2D eigenvalue weighted by Crippen LogP contribution is -2.29. The fourth-order valence-electron chi connectivity index (χ4n) is 0.935. The number of carboxylic acid groups (broad SMARTS) is 2. The third-order valence-electron chi connectivity index (χ3n) is 1.64. The summed E-state index contributed by atoms with van der Waals surface area (Å²) in [5.41, 5.74) is 0.714. The first-order valence-corrected chi connectivity index (χ1v) is 5.16. The van der Waals surface area contributed by atoms with Crippen molar-refractivity contribution >= 4 is 17.8 Å². The number of nitrogens with one attached hydrogen (secondary N) is 1. The van der Waals surface area contributed by atoms with Gasteiger partial charge in [0.05, 0.1) is 0 Å². The van der Waals surface area contributed by atoms with Crippen LogP contribution in [0.5, 0.6) is 0 Å². The molecule has 0 aromatic heterocycles. The third-order valence-corrected chi connectivity index (χ3v) is 1.64. The first kappa shape index (κ1) is 15.6. The van der Waals surface area contributed by atoms with Crippen LogP contribution < -0.4 is 5.32 Å². The van der Waals surface area contributed by atoms with E-state index in [-0.39, 0.29) is 11.9 Å². The van der Waals surface area contributed by atoms with Crippen molar-refractivity contribution in [2.24, 2.45) is 0 Å². The van der Waals surface area contributed by atoms with Gasteiger partial charge in [0.25, 0.3) is 5.91 Å². The summed E-state index contributed by atoms with van der Waals surface area (Å²) in [6.45, 7) is 3.89. The Morgan fingerprint density at radius 3 is 1.78 bits per heavy atom. The largest absolute Gasteiger partial charge is 0.473 e. The van der Waals surface area contributed by atoms with Crippen LogP contribution in [-0.2, 0) is 9.59 Å². The maximum Gasteiger partial charge on any atom is 0.414 e. The molecule has 0 unspecified atom stereocenters. The second kappa shape index (κ2) is 7.83. The van der Waals surface area contributed by atoms with E-state index in [1.807, 2.05) is 32.0 Å². The highest BCUT2D eigenvalue weighted by molar-refractivity contribution is 6.27. The summed E-state index contributed by atoms with van der Waals surface area (Å²) in [5, 5.41) is 17.6. The Balaban J connectivity index is 0.000000411. The molecule has 0 bridgehead atoms. The Kier molecular flexibility index (Phi) is 6.80. The number of hydrogen-bond donors (Lipinski definition) is 3. The smallest absolute Gasteiger partial charge is 0.414 e. The molecule has 1 amide bonds. The Morgan fingerprint density at radius 2 is 1.44 bits per heavy atom. The summed E-state index contributed by atoms with van der Waals surface area (Å²) in [4.78, 5) is 29.5. The molecule has 1 rings (SSSR count). The Morgan fingerprint density at radius 1 is 1.00 bits per heavy atom. The van der Waals surface area contributed by atoms with Crippen LogP contribution in [-0.4, -0.2) is 34.1 Å². The molecule has 0 aliphatic heterocycles. The van der Waals surface area contributed by atoms with Gasteiger partial charge in [0.1, 0.15) is 0 Å². The van der Waals surface area contributed by atoms with Gasteiger partial charge < -0.3 is 15.5 Å². The Hall–Kier alpha value is -2.37. The number of benzene rings is 1. The van der Waals surface area contributed by atoms with Gasteiger partial charge in [-0.1, -0.05) is 18.2 Å². The molecule has 6 nitrogen and oxygen atoms in total. The fourth-order valence-corrected chi connectivity index (χ4v) is 0.935. The molecular weight excluding hydrogens is 241 g/mol. The number of hydrogen-bond acceptors (Lipinski definition) is 3. The van der Waals surface area contributed by atoms with Crippen LogP contribution in [0, 0.1) is 0 Å². The normalized spacial score (nSPS) is 9.06. The molecule has 0 radical (unpaired) electrons. The molecule has 1 aromatic carbocycles. The Bertz CT molecular complexity index is 402. The number of amides is 1. The van der Waals surface area contributed by atoms with Gasteiger partial charge in [0.15, 0.2) is 0 Å². The lowest BCUT2D eigenvalue weighted by Gasteiger charge is -2.07. The number of carboxylic acids is 2. The standard InChI is InChI=1S/C10H13NO.C2H2O4/c1-8(2)11-10(12)9-6-4-3-5-7-9;3-1(4)2(5)6/h3-8H,1-2H3,(H,11,12);(H,3,4)(H,5,6)/i1+1,2+1,8+1;. The molecule has 3 N–H and O–H groups in total. The van der Waals surface area contributed by atoms with Crippen LogP contribution in [0.15, 0.2) is 30.3 Å². The second-order valence-corrected chi connectivity index (χ2v) is 3.60. The van der Waals surface area contributed by atoms with Gasteiger partial charge in [-0.2, -0.15) is 0 Å². The molecule has 0 saturated heterocycles. The van der Waals surface area contributed by atoms with E-state index in [1.54, 1.807) is 12.1 Å². The highest BCUT2D eigenvalue weighted by atomic mass is 16.4. The number of aliphatic carboxylic acids is 2. The van der Waals surface area contributed by atoms with Crippen LogP contribution in [0.4, 0.5) is 0 Å². The fraction of sp³-hybridized carbons (Fsp3) is 0.250. The topological polar surface area (TPSA) is 104 Å². The first-order chi connectivity index (χ1) is 8.34. The van der Waals surface area contributed by atoms with Crippen molar-refractivity contribution in [3.05, 3.63) is 35.9 Å².